The lowest BCUT2D eigenvalue weighted by atomic mass is 10.0. The minimum atomic E-state index is -3.67. The quantitative estimate of drug-likeness (QED) is 0.556. The Labute approximate surface area is 184 Å². The number of para-hydroxylation sites is 1. The number of rotatable bonds is 4. The van der Waals surface area contributed by atoms with Crippen molar-refractivity contribution in [2.75, 3.05) is 16.2 Å². The van der Waals surface area contributed by atoms with Crippen molar-refractivity contribution in [2.45, 2.75) is 24.7 Å². The molecule has 0 aliphatic carbocycles. The van der Waals surface area contributed by atoms with Gasteiger partial charge in [0.25, 0.3) is 15.9 Å². The molecule has 1 aliphatic rings. The van der Waals surface area contributed by atoms with Gasteiger partial charge in [-0.15, -0.1) is 0 Å². The number of hydrogen-bond acceptors (Lipinski definition) is 3. The topological polar surface area (TPSA) is 66.5 Å². The molecule has 4 rings (SSSR count). The van der Waals surface area contributed by atoms with Gasteiger partial charge >= 0.3 is 0 Å². The minimum absolute atomic E-state index is 0.208. The molecule has 3 aromatic rings. The van der Waals surface area contributed by atoms with E-state index in [1.54, 1.807) is 42.5 Å². The van der Waals surface area contributed by atoms with Crippen LogP contribution in [0.5, 0.6) is 0 Å². The molecule has 0 bridgehead atoms. The van der Waals surface area contributed by atoms with Gasteiger partial charge in [-0.2, -0.15) is 0 Å². The van der Waals surface area contributed by atoms with Crippen molar-refractivity contribution in [3.63, 3.8) is 0 Å². The Morgan fingerprint density at radius 3 is 2.50 bits per heavy atom. The second-order valence-corrected chi connectivity index (χ2v) is 10.0. The number of anilines is 2. The van der Waals surface area contributed by atoms with E-state index in [0.29, 0.717) is 24.2 Å². The Hall–Kier alpha value is -2.64. The third-order valence-corrected chi connectivity index (χ3v) is 7.57. The van der Waals surface area contributed by atoms with E-state index >= 15 is 0 Å². The van der Waals surface area contributed by atoms with Gasteiger partial charge in [-0.3, -0.25) is 9.10 Å². The van der Waals surface area contributed by atoms with Crippen molar-refractivity contribution in [3.8, 4) is 0 Å². The summed E-state index contributed by atoms with van der Waals surface area (Å²) in [7, 11) is -3.67. The standard InChI is InChI=1S/C23H21BrN2O3S/c1-16-5-2-3-7-21(16)25-23(27)18-8-13-22-17(15-18)6-4-14-26(22)30(28,29)20-11-9-19(24)10-12-20/h2-3,5,7-13,15H,4,6,14H2,1H3,(H,25,27). The van der Waals surface area contributed by atoms with Gasteiger partial charge in [-0.1, -0.05) is 34.1 Å². The van der Waals surface area contributed by atoms with Crippen LogP contribution in [0, 0.1) is 6.92 Å². The van der Waals surface area contributed by atoms with Gasteiger partial charge in [0.05, 0.1) is 10.6 Å². The molecular weight excluding hydrogens is 464 g/mol. The molecule has 0 spiro atoms. The Kier molecular flexibility index (Phi) is 5.66. The third kappa shape index (κ3) is 4.00. The molecule has 0 saturated heterocycles. The number of aryl methyl sites for hydroxylation is 2. The summed E-state index contributed by atoms with van der Waals surface area (Å²) in [6.07, 6.45) is 1.43. The van der Waals surface area contributed by atoms with Crippen LogP contribution in [-0.4, -0.2) is 20.9 Å². The van der Waals surface area contributed by atoms with E-state index in [-0.39, 0.29) is 10.8 Å². The van der Waals surface area contributed by atoms with E-state index in [9.17, 15) is 13.2 Å². The molecule has 0 unspecified atom stereocenters. The van der Waals surface area contributed by atoms with Gasteiger partial charge < -0.3 is 5.32 Å². The van der Waals surface area contributed by atoms with E-state index in [0.717, 1.165) is 27.7 Å². The molecule has 30 heavy (non-hydrogen) atoms. The molecule has 1 aliphatic heterocycles. The van der Waals surface area contributed by atoms with Crippen molar-refractivity contribution in [1.29, 1.82) is 0 Å². The lowest BCUT2D eigenvalue weighted by Crippen LogP contribution is -2.35. The average Bonchev–Trinajstić information content (AvgIpc) is 2.74. The Bertz CT molecular complexity index is 1210. The van der Waals surface area contributed by atoms with E-state index in [1.807, 2.05) is 31.2 Å². The molecule has 7 heteroatoms. The first-order valence-electron chi connectivity index (χ1n) is 9.64. The van der Waals surface area contributed by atoms with Gasteiger partial charge in [-0.05, 0) is 79.4 Å². The minimum Gasteiger partial charge on any atom is -0.322 e. The van der Waals surface area contributed by atoms with Crippen LogP contribution in [0.3, 0.4) is 0 Å². The lowest BCUT2D eigenvalue weighted by molar-refractivity contribution is 0.102. The van der Waals surface area contributed by atoms with Crippen LogP contribution in [0.25, 0.3) is 0 Å². The number of carbonyl (C=O) groups excluding carboxylic acids is 1. The summed E-state index contributed by atoms with van der Waals surface area (Å²) >= 11 is 3.34. The highest BCUT2D eigenvalue weighted by Gasteiger charge is 2.29. The highest BCUT2D eigenvalue weighted by Crippen LogP contribution is 2.33. The maximum Gasteiger partial charge on any atom is 0.264 e. The van der Waals surface area contributed by atoms with Crippen LogP contribution in [0.1, 0.15) is 27.9 Å². The zero-order chi connectivity index (χ0) is 21.3. The monoisotopic (exact) mass is 484 g/mol. The highest BCUT2D eigenvalue weighted by atomic mass is 79.9. The van der Waals surface area contributed by atoms with Gasteiger partial charge in [0.2, 0.25) is 0 Å². The van der Waals surface area contributed by atoms with Crippen LogP contribution in [0.2, 0.25) is 0 Å². The molecule has 0 atom stereocenters. The molecule has 1 N–H and O–H groups in total. The van der Waals surface area contributed by atoms with Crippen molar-refractivity contribution < 1.29 is 13.2 Å². The number of amides is 1. The molecule has 1 amide bonds. The summed E-state index contributed by atoms with van der Waals surface area (Å²) in [6, 6.07) is 19.4. The number of nitrogens with one attached hydrogen (secondary N) is 1. The van der Waals surface area contributed by atoms with E-state index in [4.69, 9.17) is 0 Å². The second-order valence-electron chi connectivity index (χ2n) is 7.25. The summed E-state index contributed by atoms with van der Waals surface area (Å²) in [5, 5.41) is 2.93. The SMILES string of the molecule is Cc1ccccc1NC(=O)c1ccc2c(c1)CCCN2S(=O)(=O)c1ccc(Br)cc1. The predicted octanol–water partition coefficient (Wildman–Crippen LogP) is 5.15. The van der Waals surface area contributed by atoms with Gasteiger partial charge in [0.1, 0.15) is 0 Å². The smallest absolute Gasteiger partial charge is 0.264 e. The summed E-state index contributed by atoms with van der Waals surface area (Å²) in [4.78, 5) is 13.0. The van der Waals surface area contributed by atoms with Gasteiger partial charge in [0, 0.05) is 22.3 Å². The van der Waals surface area contributed by atoms with E-state index < -0.39 is 10.0 Å². The highest BCUT2D eigenvalue weighted by molar-refractivity contribution is 9.10. The molecule has 0 fully saturated rings. The first-order valence-corrected chi connectivity index (χ1v) is 11.9. The van der Waals surface area contributed by atoms with Crippen molar-refractivity contribution in [1.82, 2.24) is 0 Å². The molecule has 0 radical (unpaired) electrons. The number of sulfonamides is 1. The fourth-order valence-electron chi connectivity index (χ4n) is 3.59. The maximum absolute atomic E-state index is 13.2. The molecule has 3 aromatic carbocycles. The Morgan fingerprint density at radius 1 is 1.03 bits per heavy atom. The number of hydrogen-bond donors (Lipinski definition) is 1. The normalized spacial score (nSPS) is 13.6. The number of nitrogens with zero attached hydrogens (tertiary/aromatic N) is 1. The Balaban J connectivity index is 1.63. The third-order valence-electron chi connectivity index (χ3n) is 5.21. The zero-order valence-electron chi connectivity index (χ0n) is 16.4. The number of halogens is 1. The molecule has 1 heterocycles. The van der Waals surface area contributed by atoms with Crippen molar-refractivity contribution in [2.24, 2.45) is 0 Å². The van der Waals surface area contributed by atoms with Crippen LogP contribution in [0.4, 0.5) is 11.4 Å². The average molecular weight is 485 g/mol. The fraction of sp³-hybridized carbons (Fsp3) is 0.174. The van der Waals surface area contributed by atoms with Crippen LogP contribution in [0.15, 0.2) is 76.1 Å². The molecule has 0 saturated carbocycles. The lowest BCUT2D eigenvalue weighted by Gasteiger charge is -2.30. The summed E-state index contributed by atoms with van der Waals surface area (Å²) < 4.78 is 28.6. The van der Waals surface area contributed by atoms with E-state index in [2.05, 4.69) is 21.2 Å². The predicted molar refractivity (Wildman–Crippen MR) is 123 cm³/mol. The molecule has 5 nitrogen and oxygen atoms in total. The maximum atomic E-state index is 13.2. The second kappa shape index (κ2) is 8.24. The van der Waals surface area contributed by atoms with Crippen molar-refractivity contribution in [3.05, 3.63) is 87.9 Å². The van der Waals surface area contributed by atoms with Crippen LogP contribution in [-0.2, 0) is 16.4 Å². The summed E-state index contributed by atoms with van der Waals surface area (Å²) in [5.74, 6) is -0.208. The molecule has 154 valence electrons. The Morgan fingerprint density at radius 2 is 1.77 bits per heavy atom. The molecular formula is C23H21BrN2O3S. The van der Waals surface area contributed by atoms with Gasteiger partial charge in [-0.25, -0.2) is 8.42 Å². The van der Waals surface area contributed by atoms with Crippen LogP contribution < -0.4 is 9.62 Å². The first kappa shape index (κ1) is 20.6. The van der Waals surface area contributed by atoms with Gasteiger partial charge in [0.15, 0.2) is 0 Å². The van der Waals surface area contributed by atoms with E-state index in [1.165, 1.54) is 4.31 Å². The van der Waals surface area contributed by atoms with Crippen molar-refractivity contribution >= 4 is 43.2 Å². The summed E-state index contributed by atoms with van der Waals surface area (Å²) in [5.41, 5.74) is 3.76. The van der Waals surface area contributed by atoms with Crippen LogP contribution >= 0.6 is 15.9 Å². The fourth-order valence-corrected chi connectivity index (χ4v) is 5.40. The summed E-state index contributed by atoms with van der Waals surface area (Å²) in [6.45, 7) is 2.35. The molecule has 0 aromatic heterocycles. The zero-order valence-corrected chi connectivity index (χ0v) is 18.8. The number of benzene rings is 3. The largest absolute Gasteiger partial charge is 0.322 e. The first-order chi connectivity index (χ1) is 14.4. The number of fused-ring (bicyclic) bond motifs is 1. The number of carbonyl (C=O) groups is 1.